The molecule has 0 aliphatic carbocycles. The number of carbonyl (C=O) groups is 1. The minimum atomic E-state index is 0.0354. The van der Waals surface area contributed by atoms with Crippen molar-refractivity contribution in [3.63, 3.8) is 0 Å². The quantitative estimate of drug-likeness (QED) is 0.733. The van der Waals surface area contributed by atoms with Gasteiger partial charge in [0, 0.05) is 37.0 Å². The highest BCUT2D eigenvalue weighted by molar-refractivity contribution is 5.96. The monoisotopic (exact) mass is 339 g/mol. The summed E-state index contributed by atoms with van der Waals surface area (Å²) in [6.07, 6.45) is 6.22. The van der Waals surface area contributed by atoms with E-state index in [2.05, 4.69) is 10.3 Å². The molecule has 1 aliphatic rings. The zero-order chi connectivity index (χ0) is 17.4. The van der Waals surface area contributed by atoms with E-state index in [4.69, 9.17) is 9.51 Å². The van der Waals surface area contributed by atoms with Crippen LogP contribution in [0.3, 0.4) is 0 Å². The third-order valence-electron chi connectivity index (χ3n) is 4.96. The Morgan fingerprint density at radius 2 is 2.12 bits per heavy atom. The van der Waals surface area contributed by atoms with E-state index in [-0.39, 0.29) is 5.91 Å². The van der Waals surface area contributed by atoms with Crippen LogP contribution in [-0.4, -0.2) is 43.7 Å². The Bertz CT molecular complexity index is 905. The van der Waals surface area contributed by atoms with Crippen molar-refractivity contribution in [1.29, 1.82) is 0 Å². The second-order valence-corrected chi connectivity index (χ2v) is 6.47. The fourth-order valence-corrected chi connectivity index (χ4v) is 3.52. The lowest BCUT2D eigenvalue weighted by atomic mass is 9.93. The van der Waals surface area contributed by atoms with Gasteiger partial charge in [-0.05, 0) is 32.3 Å². The molecule has 3 aromatic rings. The molecule has 0 bridgehead atoms. The first kappa shape index (κ1) is 15.8. The molecule has 0 N–H and O–H groups in total. The van der Waals surface area contributed by atoms with Crippen molar-refractivity contribution in [3.8, 4) is 0 Å². The summed E-state index contributed by atoms with van der Waals surface area (Å²) in [5, 5.41) is 8.18. The molecule has 0 unspecified atom stereocenters. The maximum atomic E-state index is 12.8. The van der Waals surface area contributed by atoms with Gasteiger partial charge in [0.15, 0.2) is 5.65 Å². The number of piperidine rings is 1. The molecule has 1 amide bonds. The number of amides is 1. The second-order valence-electron chi connectivity index (χ2n) is 6.47. The van der Waals surface area contributed by atoms with Crippen LogP contribution in [0.4, 0.5) is 0 Å². The van der Waals surface area contributed by atoms with Crippen molar-refractivity contribution < 1.29 is 9.32 Å². The van der Waals surface area contributed by atoms with Gasteiger partial charge in [0.25, 0.3) is 5.91 Å². The van der Waals surface area contributed by atoms with E-state index in [1.54, 1.807) is 17.6 Å². The van der Waals surface area contributed by atoms with Crippen LogP contribution in [-0.2, 0) is 6.42 Å². The number of hydrogen-bond donors (Lipinski definition) is 0. The highest BCUT2D eigenvalue weighted by Gasteiger charge is 2.29. The molecular weight excluding hydrogens is 318 g/mol. The molecule has 1 saturated heterocycles. The van der Waals surface area contributed by atoms with Gasteiger partial charge in [-0.2, -0.15) is 5.10 Å². The molecule has 7 nitrogen and oxygen atoms in total. The Labute approximate surface area is 145 Å². The van der Waals surface area contributed by atoms with Crippen molar-refractivity contribution in [1.82, 2.24) is 24.7 Å². The summed E-state index contributed by atoms with van der Waals surface area (Å²) < 4.78 is 6.97. The number of likely N-dealkylation sites (tertiary alicyclic amines) is 1. The smallest absolute Gasteiger partial charge is 0.259 e. The molecule has 0 aromatic carbocycles. The van der Waals surface area contributed by atoms with E-state index in [0.29, 0.717) is 23.7 Å². The number of rotatable bonds is 3. The van der Waals surface area contributed by atoms with Crippen molar-refractivity contribution in [3.05, 3.63) is 47.2 Å². The van der Waals surface area contributed by atoms with E-state index in [0.717, 1.165) is 43.0 Å². The first-order valence-corrected chi connectivity index (χ1v) is 8.72. The standard InChI is InChI=1S/C18H21N5O2/c1-3-14-17(12(2)25-21-14)18(24)22-9-5-13(6-10-22)15-7-11-23-16(20-15)4-8-19-23/h4,7-8,11,13H,3,5-6,9-10H2,1-2H3. The minimum Gasteiger partial charge on any atom is -0.361 e. The second kappa shape index (κ2) is 6.31. The fraction of sp³-hybridized carbons (Fsp3) is 0.444. The van der Waals surface area contributed by atoms with Gasteiger partial charge in [0.1, 0.15) is 11.3 Å². The van der Waals surface area contributed by atoms with Crippen LogP contribution in [0, 0.1) is 6.92 Å². The van der Waals surface area contributed by atoms with Gasteiger partial charge in [-0.1, -0.05) is 12.1 Å². The number of nitrogens with zero attached hydrogens (tertiary/aromatic N) is 5. The Balaban J connectivity index is 1.47. The van der Waals surface area contributed by atoms with Crippen LogP contribution in [0.1, 0.15) is 53.2 Å². The molecule has 4 heterocycles. The van der Waals surface area contributed by atoms with Crippen LogP contribution >= 0.6 is 0 Å². The van der Waals surface area contributed by atoms with Crippen LogP contribution in [0.25, 0.3) is 5.65 Å². The van der Waals surface area contributed by atoms with Gasteiger partial charge in [-0.3, -0.25) is 4.79 Å². The Morgan fingerprint density at radius 3 is 2.88 bits per heavy atom. The molecule has 7 heteroatoms. The predicted molar refractivity (Wildman–Crippen MR) is 91.5 cm³/mol. The average molecular weight is 339 g/mol. The van der Waals surface area contributed by atoms with Gasteiger partial charge in [0.2, 0.25) is 0 Å². The van der Waals surface area contributed by atoms with Crippen molar-refractivity contribution in [2.24, 2.45) is 0 Å². The summed E-state index contributed by atoms with van der Waals surface area (Å²) in [6.45, 7) is 5.24. The Hall–Kier alpha value is -2.70. The molecular formula is C18H21N5O2. The average Bonchev–Trinajstić information content (AvgIpc) is 3.26. The lowest BCUT2D eigenvalue weighted by Crippen LogP contribution is -2.38. The molecule has 0 atom stereocenters. The first-order chi connectivity index (χ1) is 12.2. The summed E-state index contributed by atoms with van der Waals surface area (Å²) in [5.41, 5.74) is 3.33. The maximum absolute atomic E-state index is 12.8. The first-order valence-electron chi connectivity index (χ1n) is 8.72. The van der Waals surface area contributed by atoms with Crippen LogP contribution in [0.15, 0.2) is 29.0 Å². The number of carbonyl (C=O) groups excluding carboxylic acids is 1. The van der Waals surface area contributed by atoms with E-state index >= 15 is 0 Å². The number of aromatic nitrogens is 4. The zero-order valence-corrected chi connectivity index (χ0v) is 14.5. The zero-order valence-electron chi connectivity index (χ0n) is 14.5. The summed E-state index contributed by atoms with van der Waals surface area (Å²) in [7, 11) is 0. The predicted octanol–water partition coefficient (Wildman–Crippen LogP) is 2.61. The fourth-order valence-electron chi connectivity index (χ4n) is 3.52. The topological polar surface area (TPSA) is 76.5 Å². The summed E-state index contributed by atoms with van der Waals surface area (Å²) in [4.78, 5) is 19.4. The molecule has 0 spiro atoms. The van der Waals surface area contributed by atoms with E-state index in [1.807, 2.05) is 30.2 Å². The van der Waals surface area contributed by atoms with E-state index in [9.17, 15) is 4.79 Å². The van der Waals surface area contributed by atoms with E-state index in [1.165, 1.54) is 0 Å². The molecule has 0 radical (unpaired) electrons. The molecule has 1 aliphatic heterocycles. The lowest BCUT2D eigenvalue weighted by molar-refractivity contribution is 0.0709. The SMILES string of the molecule is CCc1noc(C)c1C(=O)N1CCC(c2ccn3nccc3n2)CC1. The van der Waals surface area contributed by atoms with Gasteiger partial charge < -0.3 is 9.42 Å². The largest absolute Gasteiger partial charge is 0.361 e. The normalized spacial score (nSPS) is 15.8. The van der Waals surface area contributed by atoms with Crippen LogP contribution < -0.4 is 0 Å². The maximum Gasteiger partial charge on any atom is 0.259 e. The summed E-state index contributed by atoms with van der Waals surface area (Å²) >= 11 is 0. The Morgan fingerprint density at radius 1 is 1.32 bits per heavy atom. The molecule has 25 heavy (non-hydrogen) atoms. The number of fused-ring (bicyclic) bond motifs is 1. The molecule has 3 aromatic heterocycles. The lowest BCUT2D eigenvalue weighted by Gasteiger charge is -2.31. The minimum absolute atomic E-state index is 0.0354. The highest BCUT2D eigenvalue weighted by atomic mass is 16.5. The van der Waals surface area contributed by atoms with Gasteiger partial charge in [-0.15, -0.1) is 0 Å². The summed E-state index contributed by atoms with van der Waals surface area (Å²) in [6, 6.07) is 3.94. The van der Waals surface area contributed by atoms with Gasteiger partial charge >= 0.3 is 0 Å². The third kappa shape index (κ3) is 2.79. The molecule has 130 valence electrons. The van der Waals surface area contributed by atoms with Gasteiger partial charge in [0.05, 0.1) is 11.9 Å². The van der Waals surface area contributed by atoms with Gasteiger partial charge in [-0.25, -0.2) is 9.50 Å². The number of aryl methyl sites for hydroxylation is 2. The van der Waals surface area contributed by atoms with E-state index < -0.39 is 0 Å². The molecule has 4 rings (SSSR count). The van der Waals surface area contributed by atoms with Crippen molar-refractivity contribution >= 4 is 11.6 Å². The third-order valence-corrected chi connectivity index (χ3v) is 4.96. The summed E-state index contributed by atoms with van der Waals surface area (Å²) in [5.74, 6) is 1.02. The Kier molecular flexibility index (Phi) is 3.99. The van der Waals surface area contributed by atoms with Crippen molar-refractivity contribution in [2.45, 2.75) is 39.0 Å². The molecule has 0 saturated carbocycles. The number of hydrogen-bond acceptors (Lipinski definition) is 5. The van der Waals surface area contributed by atoms with Crippen molar-refractivity contribution in [2.75, 3.05) is 13.1 Å². The highest BCUT2D eigenvalue weighted by Crippen LogP contribution is 2.28. The van der Waals surface area contributed by atoms with Crippen LogP contribution in [0.2, 0.25) is 0 Å². The molecule has 1 fully saturated rings. The van der Waals surface area contributed by atoms with Crippen LogP contribution in [0.5, 0.6) is 0 Å².